The van der Waals surface area contributed by atoms with Crippen LogP contribution in [0.25, 0.3) is 33.4 Å². The molecule has 0 radical (unpaired) electrons. The Hall–Kier alpha value is -7.85. The summed E-state index contributed by atoms with van der Waals surface area (Å²) in [6.45, 7) is 12.5. The minimum Gasteiger partial charge on any atom is -0.458 e. The fourth-order valence-corrected chi connectivity index (χ4v) is 15.8. The number of hydrogen-bond donors (Lipinski definition) is 0. The van der Waals surface area contributed by atoms with Crippen LogP contribution in [-0.4, -0.2) is 20.1 Å². The molecule has 0 amide bonds. The van der Waals surface area contributed by atoms with Gasteiger partial charge < -0.3 is 28.4 Å². The molecule has 6 aliphatic heterocycles. The molecule has 6 nitrogen and oxygen atoms in total. The first-order chi connectivity index (χ1) is 35.6. The monoisotopic (exact) mass is 978 g/mol. The average molecular weight is 979 g/mol. The van der Waals surface area contributed by atoms with Crippen LogP contribution in [0.3, 0.4) is 0 Å². The number of rotatable bonds is 3. The fourth-order valence-electron chi connectivity index (χ4n) is 13.0. The van der Waals surface area contributed by atoms with E-state index >= 15 is 0 Å². The second kappa shape index (κ2) is 14.9. The largest absolute Gasteiger partial charge is 0.458 e. The Kier molecular flexibility index (Phi) is 8.51. The van der Waals surface area contributed by atoms with Gasteiger partial charge in [-0.05, 0) is 168 Å². The molecule has 0 aliphatic carbocycles. The number of para-hydroxylation sites is 2. The van der Waals surface area contributed by atoms with E-state index in [2.05, 4.69) is 181 Å². The van der Waals surface area contributed by atoms with E-state index in [1.54, 1.807) is 22.7 Å². The van der Waals surface area contributed by atoms with E-state index in [1.165, 1.54) is 44.5 Å². The molecule has 0 N–H and O–H groups in total. The maximum Gasteiger partial charge on any atom is 0.285 e. The van der Waals surface area contributed by atoms with Crippen LogP contribution in [0.1, 0.15) is 33.4 Å². The summed E-state index contributed by atoms with van der Waals surface area (Å²) in [6, 6.07) is 49.6. The lowest BCUT2D eigenvalue weighted by Crippen LogP contribution is -2.57. The van der Waals surface area contributed by atoms with Gasteiger partial charge in [-0.25, -0.2) is 0 Å². The molecule has 11 heteroatoms. The fraction of sp³-hybridized carbons (Fsp3) is 0.0968. The van der Waals surface area contributed by atoms with E-state index in [4.69, 9.17) is 28.4 Å². The van der Waals surface area contributed by atoms with Crippen LogP contribution in [0.2, 0.25) is 0 Å². The van der Waals surface area contributed by atoms with Crippen molar-refractivity contribution in [3.8, 4) is 102 Å². The number of ether oxygens (including phenoxy) is 6. The summed E-state index contributed by atoms with van der Waals surface area (Å²) in [7, 11) is 0. The average Bonchev–Trinajstić information content (AvgIpc) is 3.96. The second-order valence-electron chi connectivity index (χ2n) is 20.4. The Morgan fingerprint density at radius 2 is 0.562 bits per heavy atom. The zero-order valence-corrected chi connectivity index (χ0v) is 42.4. The quantitative estimate of drug-likeness (QED) is 0.164. The molecule has 10 aromatic rings. The molecule has 0 saturated heterocycles. The maximum atomic E-state index is 7.39. The van der Waals surface area contributed by atoms with Crippen molar-refractivity contribution >= 4 is 89.2 Å². The van der Waals surface area contributed by atoms with Gasteiger partial charge in [0.25, 0.3) is 20.1 Å². The molecule has 346 valence electrons. The van der Waals surface area contributed by atoms with E-state index in [0.29, 0.717) is 0 Å². The molecule has 16 rings (SSSR count). The van der Waals surface area contributed by atoms with E-state index in [-0.39, 0.29) is 20.1 Å². The Morgan fingerprint density at radius 1 is 0.288 bits per heavy atom. The summed E-state index contributed by atoms with van der Waals surface area (Å²) < 4.78 is 47.5. The van der Waals surface area contributed by atoms with Crippen LogP contribution in [0.15, 0.2) is 140 Å². The normalized spacial score (nSPS) is 13.9. The topological polar surface area (TPSA) is 55.4 Å². The summed E-state index contributed by atoms with van der Waals surface area (Å²) in [5.41, 5.74) is 19.1. The van der Waals surface area contributed by atoms with Gasteiger partial charge in [-0.1, -0.05) is 91.0 Å². The molecule has 0 fully saturated rings. The van der Waals surface area contributed by atoms with E-state index in [0.717, 1.165) is 138 Å². The van der Waals surface area contributed by atoms with Gasteiger partial charge in [0.15, 0.2) is 23.0 Å². The molecule has 0 saturated carbocycles. The lowest BCUT2D eigenvalue weighted by molar-refractivity contribution is 0.413. The van der Waals surface area contributed by atoms with Crippen LogP contribution in [0.4, 0.5) is 0 Å². The highest BCUT2D eigenvalue weighted by Crippen LogP contribution is 2.51. The number of fused-ring (bicyclic) bond motifs is 14. The predicted molar refractivity (Wildman–Crippen MR) is 300 cm³/mol. The van der Waals surface area contributed by atoms with Gasteiger partial charge in [-0.3, -0.25) is 0 Å². The van der Waals surface area contributed by atoms with Crippen molar-refractivity contribution < 1.29 is 28.4 Å². The van der Waals surface area contributed by atoms with E-state index in [9.17, 15) is 0 Å². The van der Waals surface area contributed by atoms with Gasteiger partial charge in [0, 0.05) is 35.5 Å². The molecular formula is C62H41B3O6S2. The van der Waals surface area contributed by atoms with Crippen molar-refractivity contribution in [3.63, 3.8) is 0 Å². The summed E-state index contributed by atoms with van der Waals surface area (Å²) in [4.78, 5) is 0. The minimum absolute atomic E-state index is 0.144. The number of thiophene rings is 2. The molecular weight excluding hydrogens is 937 g/mol. The number of hydrogen-bond acceptors (Lipinski definition) is 8. The van der Waals surface area contributed by atoms with Crippen molar-refractivity contribution in [1.82, 2.24) is 0 Å². The van der Waals surface area contributed by atoms with Crippen LogP contribution >= 0.6 is 22.7 Å². The lowest BCUT2D eigenvalue weighted by atomic mass is 9.37. The first-order valence-electron chi connectivity index (χ1n) is 25.0. The van der Waals surface area contributed by atoms with Crippen molar-refractivity contribution in [1.29, 1.82) is 0 Å². The van der Waals surface area contributed by atoms with Gasteiger partial charge in [-0.15, -0.1) is 0 Å². The van der Waals surface area contributed by atoms with Gasteiger partial charge in [-0.2, -0.15) is 22.7 Å². The van der Waals surface area contributed by atoms with Crippen molar-refractivity contribution in [3.05, 3.63) is 173 Å². The molecule has 0 bridgehead atoms. The predicted octanol–water partition coefficient (Wildman–Crippen LogP) is 10.8. The highest BCUT2D eigenvalue weighted by Gasteiger charge is 2.53. The first kappa shape index (κ1) is 41.7. The molecule has 0 unspecified atom stereocenters. The molecule has 73 heavy (non-hydrogen) atoms. The highest BCUT2D eigenvalue weighted by molar-refractivity contribution is 7.43. The van der Waals surface area contributed by atoms with Crippen LogP contribution < -0.4 is 74.8 Å². The van der Waals surface area contributed by atoms with E-state index < -0.39 is 0 Å². The van der Waals surface area contributed by atoms with Gasteiger partial charge in [0.1, 0.15) is 46.0 Å². The zero-order chi connectivity index (χ0) is 48.7. The molecule has 0 atom stereocenters. The minimum atomic E-state index is -0.242. The Balaban J connectivity index is 0.938. The van der Waals surface area contributed by atoms with E-state index in [1.807, 2.05) is 0 Å². The lowest BCUT2D eigenvalue weighted by Gasteiger charge is -2.33. The van der Waals surface area contributed by atoms with Crippen LogP contribution in [0, 0.1) is 41.5 Å². The highest BCUT2D eigenvalue weighted by atomic mass is 32.1. The van der Waals surface area contributed by atoms with Gasteiger partial charge >= 0.3 is 0 Å². The molecule has 0 spiro atoms. The Labute approximate surface area is 432 Å². The summed E-state index contributed by atoms with van der Waals surface area (Å²) in [5.74, 6) is 9.41. The molecule has 8 aromatic carbocycles. The van der Waals surface area contributed by atoms with Crippen LogP contribution in [-0.2, 0) is 0 Å². The smallest absolute Gasteiger partial charge is 0.285 e. The zero-order valence-electron chi connectivity index (χ0n) is 40.8. The summed E-state index contributed by atoms with van der Waals surface area (Å²) in [6.07, 6.45) is 0. The summed E-state index contributed by atoms with van der Waals surface area (Å²) in [5, 5.41) is 0. The number of benzene rings is 8. The maximum absolute atomic E-state index is 7.39. The summed E-state index contributed by atoms with van der Waals surface area (Å²) >= 11 is 3.57. The molecule has 8 heterocycles. The second-order valence-corrected chi connectivity index (χ2v) is 22.6. The van der Waals surface area contributed by atoms with Crippen molar-refractivity contribution in [2.75, 3.05) is 0 Å². The molecule has 2 aromatic heterocycles. The Morgan fingerprint density at radius 3 is 0.890 bits per heavy atom. The van der Waals surface area contributed by atoms with Gasteiger partial charge in [0.2, 0.25) is 0 Å². The molecule has 6 aliphatic rings. The standard InChI is InChI=1S/C62H41B3O6S2/c1-30-14-11-15-31(2)49(30)36-24-43-52-45(26-36)68-55-57-61(72-59(55)63(52)39-20-7-9-22-41(39)66-43)65-54-47(70-57)28-38(51-34(5)18-13-19-35(51)6)29-48(54)71-58-56-60(73-62(58)65)64-40-21-8-10-23-42(40)67-44-25-37(27-46(69-56)53(44)64)50-32(3)16-12-17-33(50)4/h7-29H,1-6H3. The van der Waals surface area contributed by atoms with Crippen molar-refractivity contribution in [2.24, 2.45) is 0 Å². The third-order valence-corrected chi connectivity index (χ3v) is 18.6. The Bertz CT molecular complexity index is 3870. The van der Waals surface area contributed by atoms with Crippen LogP contribution in [0.5, 0.6) is 69.0 Å². The van der Waals surface area contributed by atoms with Crippen molar-refractivity contribution in [2.45, 2.75) is 41.5 Å². The third kappa shape index (κ3) is 5.72. The number of aryl methyl sites for hydroxylation is 6. The third-order valence-electron chi connectivity index (χ3n) is 16.0. The van der Waals surface area contributed by atoms with Gasteiger partial charge in [0.05, 0.1) is 0 Å². The SMILES string of the molecule is Cc1cccc(C)c1-c1cc2c3c(c1)Oc1c(sc4c1Oc1cc(-c5c(C)cccc5C)cc5c1B4c1sc4c(c1O5)Oc1cc(-c5c(C)cccc5C)cc5c1B4c1ccccc1O5)B3c1ccccc1O2. The first-order valence-corrected chi connectivity index (χ1v) is 26.6.